The van der Waals surface area contributed by atoms with Gasteiger partial charge in [0.15, 0.2) is 0 Å². The Hall–Kier alpha value is -2.88. The maximum absolute atomic E-state index is 12.8. The molecule has 0 aliphatic heterocycles. The lowest BCUT2D eigenvalue weighted by Crippen LogP contribution is -2.52. The summed E-state index contributed by atoms with van der Waals surface area (Å²) in [5.74, 6) is -0.179. The molecular weight excluding hydrogens is 472 g/mol. The van der Waals surface area contributed by atoms with Crippen LogP contribution in [0.15, 0.2) is 54.6 Å². The first-order valence-electron chi connectivity index (χ1n) is 12.7. The number of amides is 2. The molecule has 1 saturated carbocycles. The van der Waals surface area contributed by atoms with Gasteiger partial charge in [0.05, 0.1) is 12.5 Å². The van der Waals surface area contributed by atoms with Gasteiger partial charge in [-0.3, -0.25) is 9.59 Å². The van der Waals surface area contributed by atoms with Crippen LogP contribution in [0, 0.1) is 11.3 Å². The first-order chi connectivity index (χ1) is 17.3. The van der Waals surface area contributed by atoms with Crippen LogP contribution in [-0.4, -0.2) is 53.8 Å². The molecular formula is C29H37ClN4O2. The highest BCUT2D eigenvalue weighted by molar-refractivity contribution is 6.30. The molecule has 1 fully saturated rings. The van der Waals surface area contributed by atoms with Crippen LogP contribution < -0.4 is 5.32 Å². The van der Waals surface area contributed by atoms with Crippen LogP contribution in [0.2, 0.25) is 5.02 Å². The van der Waals surface area contributed by atoms with Gasteiger partial charge in [-0.25, -0.2) is 0 Å². The van der Waals surface area contributed by atoms with Gasteiger partial charge in [0.25, 0.3) is 0 Å². The molecule has 7 heteroatoms. The summed E-state index contributed by atoms with van der Waals surface area (Å²) in [6, 6.07) is 20.0. The van der Waals surface area contributed by atoms with E-state index in [1.54, 1.807) is 4.90 Å². The number of likely N-dealkylation sites (N-methyl/N-ethyl adjacent to an activating group) is 1. The highest BCUT2D eigenvalue weighted by Gasteiger charge is 2.37. The van der Waals surface area contributed by atoms with Crippen molar-refractivity contribution in [2.75, 3.05) is 20.6 Å². The SMILES string of the molecule is CN(C)C1(Cc2cccc(Cl)c2)CCC(NC(=O)CCC(=O)N(CCC#N)Cc2ccccc2)CC1. The summed E-state index contributed by atoms with van der Waals surface area (Å²) < 4.78 is 0. The summed E-state index contributed by atoms with van der Waals surface area (Å²) in [4.78, 5) is 29.5. The molecule has 2 aromatic carbocycles. The first kappa shape index (κ1) is 27.7. The van der Waals surface area contributed by atoms with Crippen molar-refractivity contribution in [3.05, 3.63) is 70.7 Å². The summed E-state index contributed by atoms with van der Waals surface area (Å²) in [6.07, 6.45) is 5.28. The summed E-state index contributed by atoms with van der Waals surface area (Å²) in [7, 11) is 4.26. The average Bonchev–Trinajstić information content (AvgIpc) is 2.87. The second kappa shape index (κ2) is 13.4. The normalized spacial score (nSPS) is 19.5. The molecule has 0 unspecified atom stereocenters. The van der Waals surface area contributed by atoms with Gasteiger partial charge in [-0.15, -0.1) is 0 Å². The second-order valence-corrected chi connectivity index (χ2v) is 10.4. The number of nitriles is 1. The minimum atomic E-state index is -0.0963. The molecule has 0 atom stereocenters. The fourth-order valence-electron chi connectivity index (χ4n) is 5.07. The minimum Gasteiger partial charge on any atom is -0.353 e. The molecule has 1 N–H and O–H groups in total. The lowest BCUT2D eigenvalue weighted by atomic mass is 9.75. The summed E-state index contributed by atoms with van der Waals surface area (Å²) in [5, 5.41) is 12.9. The van der Waals surface area contributed by atoms with E-state index in [1.165, 1.54) is 5.56 Å². The molecule has 1 aliphatic carbocycles. The standard InChI is InChI=1S/C29H37ClN4O2/c1-33(2)29(21-24-10-6-11-25(30)20-24)16-14-26(15-17-29)32-27(35)12-13-28(36)34(19-7-18-31)22-23-8-4-3-5-9-23/h3-6,8-11,20,26H,7,12-17,19,21-22H2,1-2H3,(H,32,35). The van der Waals surface area contributed by atoms with Crippen LogP contribution in [0.4, 0.5) is 0 Å². The number of nitrogens with one attached hydrogen (secondary N) is 1. The molecule has 2 amide bonds. The topological polar surface area (TPSA) is 76.4 Å². The van der Waals surface area contributed by atoms with Crippen LogP contribution in [0.25, 0.3) is 0 Å². The molecule has 2 aromatic rings. The van der Waals surface area contributed by atoms with Crippen LogP contribution >= 0.6 is 11.6 Å². The second-order valence-electron chi connectivity index (χ2n) is 9.98. The van der Waals surface area contributed by atoms with Crippen molar-refractivity contribution in [2.24, 2.45) is 0 Å². The fraction of sp³-hybridized carbons (Fsp3) is 0.483. The number of halogens is 1. The number of rotatable bonds is 11. The van der Waals surface area contributed by atoms with E-state index in [4.69, 9.17) is 16.9 Å². The van der Waals surface area contributed by atoms with Crippen molar-refractivity contribution in [2.45, 2.75) is 69.5 Å². The molecule has 0 aromatic heterocycles. The van der Waals surface area contributed by atoms with Gasteiger partial charge in [0.1, 0.15) is 0 Å². The Kier molecular flexibility index (Phi) is 10.3. The third-order valence-electron chi connectivity index (χ3n) is 7.28. The van der Waals surface area contributed by atoms with Crippen LogP contribution in [0.3, 0.4) is 0 Å². The Balaban J connectivity index is 1.48. The molecule has 1 aliphatic rings. The van der Waals surface area contributed by atoms with Crippen molar-refractivity contribution in [1.82, 2.24) is 15.1 Å². The van der Waals surface area contributed by atoms with Crippen molar-refractivity contribution in [3.63, 3.8) is 0 Å². The molecule has 0 radical (unpaired) electrons. The molecule has 6 nitrogen and oxygen atoms in total. The number of carbonyl (C=O) groups is 2. The van der Waals surface area contributed by atoms with E-state index >= 15 is 0 Å². The van der Waals surface area contributed by atoms with E-state index in [-0.39, 0.29) is 42.7 Å². The van der Waals surface area contributed by atoms with Gasteiger partial charge >= 0.3 is 0 Å². The monoisotopic (exact) mass is 508 g/mol. The zero-order chi connectivity index (χ0) is 26.0. The quantitative estimate of drug-likeness (QED) is 0.465. The van der Waals surface area contributed by atoms with Gasteiger partial charge < -0.3 is 15.1 Å². The highest BCUT2D eigenvalue weighted by Crippen LogP contribution is 2.36. The van der Waals surface area contributed by atoms with E-state index in [0.29, 0.717) is 13.1 Å². The van der Waals surface area contributed by atoms with Gasteiger partial charge in [0.2, 0.25) is 11.8 Å². The number of hydrogen-bond donors (Lipinski definition) is 1. The predicted octanol–water partition coefficient (Wildman–Crippen LogP) is 4.96. The van der Waals surface area contributed by atoms with E-state index in [1.807, 2.05) is 48.5 Å². The lowest BCUT2D eigenvalue weighted by molar-refractivity contribution is -0.134. The number of benzene rings is 2. The summed E-state index contributed by atoms with van der Waals surface area (Å²) in [5.41, 5.74) is 2.28. The third-order valence-corrected chi connectivity index (χ3v) is 7.52. The van der Waals surface area contributed by atoms with Gasteiger partial charge in [-0.05, 0) is 69.5 Å². The molecule has 3 rings (SSSR count). The fourth-order valence-corrected chi connectivity index (χ4v) is 5.28. The Morgan fingerprint density at radius 3 is 2.39 bits per heavy atom. The van der Waals surface area contributed by atoms with E-state index in [2.05, 4.69) is 36.4 Å². The van der Waals surface area contributed by atoms with Crippen LogP contribution in [0.5, 0.6) is 0 Å². The maximum atomic E-state index is 12.8. The number of nitrogens with zero attached hydrogens (tertiary/aromatic N) is 3. The Labute approximate surface area is 220 Å². The Morgan fingerprint density at radius 1 is 1.06 bits per heavy atom. The highest BCUT2D eigenvalue weighted by atomic mass is 35.5. The predicted molar refractivity (Wildman–Crippen MR) is 143 cm³/mol. The van der Waals surface area contributed by atoms with Crippen LogP contribution in [-0.2, 0) is 22.6 Å². The van der Waals surface area contributed by atoms with E-state index in [0.717, 1.165) is 42.7 Å². The molecule has 0 heterocycles. The maximum Gasteiger partial charge on any atom is 0.223 e. The summed E-state index contributed by atoms with van der Waals surface area (Å²) in [6.45, 7) is 0.818. The molecule has 36 heavy (non-hydrogen) atoms. The first-order valence-corrected chi connectivity index (χ1v) is 13.1. The molecule has 0 spiro atoms. The summed E-state index contributed by atoms with van der Waals surface area (Å²) >= 11 is 6.20. The van der Waals surface area contributed by atoms with Crippen molar-refractivity contribution in [1.29, 1.82) is 5.26 Å². The zero-order valence-corrected chi connectivity index (χ0v) is 22.1. The van der Waals surface area contributed by atoms with Gasteiger partial charge in [-0.2, -0.15) is 5.26 Å². The number of carbonyl (C=O) groups excluding carboxylic acids is 2. The lowest BCUT2D eigenvalue weighted by Gasteiger charge is -2.45. The smallest absolute Gasteiger partial charge is 0.223 e. The third kappa shape index (κ3) is 8.08. The largest absolute Gasteiger partial charge is 0.353 e. The van der Waals surface area contributed by atoms with Crippen molar-refractivity contribution >= 4 is 23.4 Å². The Morgan fingerprint density at radius 2 is 1.75 bits per heavy atom. The van der Waals surface area contributed by atoms with E-state index < -0.39 is 0 Å². The Bertz CT molecular complexity index is 1040. The van der Waals surface area contributed by atoms with Crippen molar-refractivity contribution < 1.29 is 9.59 Å². The molecule has 0 bridgehead atoms. The van der Waals surface area contributed by atoms with Crippen LogP contribution in [0.1, 0.15) is 56.1 Å². The molecule has 0 saturated heterocycles. The van der Waals surface area contributed by atoms with Gasteiger partial charge in [0, 0.05) is 42.5 Å². The van der Waals surface area contributed by atoms with E-state index in [9.17, 15) is 9.59 Å². The molecule has 192 valence electrons. The zero-order valence-electron chi connectivity index (χ0n) is 21.4. The van der Waals surface area contributed by atoms with Gasteiger partial charge in [-0.1, -0.05) is 54.1 Å². The minimum absolute atomic E-state index is 0.0422. The average molecular weight is 509 g/mol. The van der Waals surface area contributed by atoms with Crippen molar-refractivity contribution in [3.8, 4) is 6.07 Å². The number of hydrogen-bond acceptors (Lipinski definition) is 4.